The molecule has 3 rings (SSSR count). The smallest absolute Gasteiger partial charge is 0.252 e. The molecule has 144 valence electrons. The van der Waals surface area contributed by atoms with Gasteiger partial charge in [-0.25, -0.2) is 9.37 Å². The topological polar surface area (TPSA) is 76.0 Å². The van der Waals surface area contributed by atoms with Crippen molar-refractivity contribution in [3.05, 3.63) is 88.2 Å². The third-order valence-electron chi connectivity index (χ3n) is 4.15. The highest BCUT2D eigenvalue weighted by Gasteiger charge is 2.21. The maximum Gasteiger partial charge on any atom is 0.252 e. The monoisotopic (exact) mass is 444 g/mol. The predicted octanol–water partition coefficient (Wildman–Crippen LogP) is 2.96. The number of amides is 2. The van der Waals surface area contributed by atoms with Crippen LogP contribution >= 0.6 is 15.9 Å². The molecule has 0 aliphatic carbocycles. The van der Waals surface area contributed by atoms with Gasteiger partial charge in [-0.05, 0) is 45.8 Å². The average Bonchev–Trinajstić information content (AvgIpc) is 3.11. The SMILES string of the molecule is Cn1ccnc1[C@H](NC(=O)CNC(=O)c1ccccc1Br)c1ccc(F)cc1. The van der Waals surface area contributed by atoms with Crippen LogP contribution in [-0.4, -0.2) is 27.9 Å². The summed E-state index contributed by atoms with van der Waals surface area (Å²) in [7, 11) is 1.81. The Bertz CT molecular complexity index is 988. The van der Waals surface area contributed by atoms with E-state index in [9.17, 15) is 14.0 Å². The van der Waals surface area contributed by atoms with Gasteiger partial charge in [0.2, 0.25) is 5.91 Å². The molecule has 1 heterocycles. The summed E-state index contributed by atoms with van der Waals surface area (Å²) in [4.78, 5) is 29.0. The minimum absolute atomic E-state index is 0.206. The number of imidazole rings is 1. The number of benzene rings is 2. The minimum Gasteiger partial charge on any atom is -0.343 e. The van der Waals surface area contributed by atoms with E-state index in [0.29, 0.717) is 21.4 Å². The third-order valence-corrected chi connectivity index (χ3v) is 4.84. The van der Waals surface area contributed by atoms with E-state index in [4.69, 9.17) is 0 Å². The van der Waals surface area contributed by atoms with Gasteiger partial charge in [0, 0.05) is 23.9 Å². The number of carbonyl (C=O) groups is 2. The second-order valence-electron chi connectivity index (χ2n) is 6.11. The summed E-state index contributed by atoms with van der Waals surface area (Å²) in [6, 6.07) is 12.2. The van der Waals surface area contributed by atoms with Crippen molar-refractivity contribution in [3.63, 3.8) is 0 Å². The lowest BCUT2D eigenvalue weighted by Crippen LogP contribution is -2.39. The van der Waals surface area contributed by atoms with Gasteiger partial charge in [-0.3, -0.25) is 9.59 Å². The van der Waals surface area contributed by atoms with Gasteiger partial charge in [-0.15, -0.1) is 0 Å². The van der Waals surface area contributed by atoms with Gasteiger partial charge in [0.1, 0.15) is 17.7 Å². The van der Waals surface area contributed by atoms with Gasteiger partial charge in [0.25, 0.3) is 5.91 Å². The summed E-state index contributed by atoms with van der Waals surface area (Å²) in [5, 5.41) is 5.44. The summed E-state index contributed by atoms with van der Waals surface area (Å²) in [5.74, 6) is -0.526. The molecule has 0 bridgehead atoms. The largest absolute Gasteiger partial charge is 0.343 e. The standard InChI is InChI=1S/C20H18BrFN4O2/c1-26-11-10-23-19(26)18(13-6-8-14(22)9-7-13)25-17(27)12-24-20(28)15-4-2-3-5-16(15)21/h2-11,18H,12H2,1H3,(H,24,28)(H,25,27)/t18-/m1/s1. The Morgan fingerprint density at radius 3 is 2.54 bits per heavy atom. The van der Waals surface area contributed by atoms with Crippen LogP contribution in [0, 0.1) is 5.82 Å². The molecule has 0 unspecified atom stereocenters. The maximum absolute atomic E-state index is 13.3. The molecule has 0 saturated heterocycles. The molecule has 0 aliphatic heterocycles. The second kappa shape index (κ2) is 8.79. The van der Waals surface area contributed by atoms with E-state index in [0.717, 1.165) is 0 Å². The summed E-state index contributed by atoms with van der Waals surface area (Å²) < 4.78 is 15.7. The summed E-state index contributed by atoms with van der Waals surface area (Å²) in [5.41, 5.74) is 1.12. The average molecular weight is 445 g/mol. The lowest BCUT2D eigenvalue weighted by molar-refractivity contribution is -0.120. The summed E-state index contributed by atoms with van der Waals surface area (Å²) in [6.07, 6.45) is 3.37. The molecule has 0 spiro atoms. The highest BCUT2D eigenvalue weighted by molar-refractivity contribution is 9.10. The van der Waals surface area contributed by atoms with E-state index in [2.05, 4.69) is 31.5 Å². The Labute approximate surface area is 169 Å². The third kappa shape index (κ3) is 4.64. The molecule has 2 N–H and O–H groups in total. The molecular weight excluding hydrogens is 427 g/mol. The molecule has 1 aromatic heterocycles. The Balaban J connectivity index is 1.71. The fourth-order valence-corrected chi connectivity index (χ4v) is 3.19. The Kier molecular flexibility index (Phi) is 6.20. The maximum atomic E-state index is 13.3. The lowest BCUT2D eigenvalue weighted by atomic mass is 10.1. The van der Waals surface area contributed by atoms with E-state index >= 15 is 0 Å². The number of nitrogens with one attached hydrogen (secondary N) is 2. The molecule has 28 heavy (non-hydrogen) atoms. The van der Waals surface area contributed by atoms with Crippen LogP contribution < -0.4 is 10.6 Å². The summed E-state index contributed by atoms with van der Waals surface area (Å²) >= 11 is 3.31. The molecule has 3 aromatic rings. The zero-order chi connectivity index (χ0) is 20.1. The van der Waals surface area contributed by atoms with Crippen molar-refractivity contribution in [1.29, 1.82) is 0 Å². The van der Waals surface area contributed by atoms with Crippen LogP contribution in [0.4, 0.5) is 4.39 Å². The molecule has 6 nitrogen and oxygen atoms in total. The van der Waals surface area contributed by atoms with Gasteiger partial charge in [0.05, 0.1) is 12.1 Å². The number of aromatic nitrogens is 2. The molecule has 8 heteroatoms. The summed E-state index contributed by atoms with van der Waals surface area (Å²) in [6.45, 7) is -0.206. The van der Waals surface area contributed by atoms with Crippen LogP contribution in [0.5, 0.6) is 0 Å². The number of aryl methyl sites for hydroxylation is 1. The van der Waals surface area contributed by atoms with Crippen LogP contribution in [0.15, 0.2) is 65.4 Å². The van der Waals surface area contributed by atoms with Crippen LogP contribution in [0.3, 0.4) is 0 Å². The van der Waals surface area contributed by atoms with Crippen molar-refractivity contribution in [1.82, 2.24) is 20.2 Å². The van der Waals surface area contributed by atoms with Gasteiger partial charge >= 0.3 is 0 Å². The quantitative estimate of drug-likeness (QED) is 0.613. The van der Waals surface area contributed by atoms with E-state index in [1.165, 1.54) is 12.1 Å². The van der Waals surface area contributed by atoms with Crippen molar-refractivity contribution >= 4 is 27.7 Å². The van der Waals surface area contributed by atoms with E-state index in [1.807, 2.05) is 0 Å². The van der Waals surface area contributed by atoms with Gasteiger partial charge < -0.3 is 15.2 Å². The number of hydrogen-bond acceptors (Lipinski definition) is 3. The predicted molar refractivity (Wildman–Crippen MR) is 106 cm³/mol. The Morgan fingerprint density at radius 2 is 1.89 bits per heavy atom. The lowest BCUT2D eigenvalue weighted by Gasteiger charge is -2.19. The number of carbonyl (C=O) groups excluding carboxylic acids is 2. The molecule has 1 atom stereocenters. The van der Waals surface area contributed by atoms with Gasteiger partial charge in [-0.1, -0.05) is 24.3 Å². The minimum atomic E-state index is -0.575. The first-order valence-corrected chi connectivity index (χ1v) is 9.30. The Morgan fingerprint density at radius 1 is 1.18 bits per heavy atom. The number of nitrogens with zero attached hydrogens (tertiary/aromatic N) is 2. The van der Waals surface area contributed by atoms with E-state index in [1.54, 1.807) is 60.4 Å². The van der Waals surface area contributed by atoms with Crippen molar-refractivity contribution in [3.8, 4) is 0 Å². The van der Waals surface area contributed by atoms with Crippen molar-refractivity contribution in [2.75, 3.05) is 6.54 Å². The molecule has 2 amide bonds. The molecule has 0 radical (unpaired) electrons. The van der Waals surface area contributed by atoms with Crippen LogP contribution in [-0.2, 0) is 11.8 Å². The second-order valence-corrected chi connectivity index (χ2v) is 6.97. The van der Waals surface area contributed by atoms with Crippen LogP contribution in [0.2, 0.25) is 0 Å². The fraction of sp³-hybridized carbons (Fsp3) is 0.150. The molecule has 0 saturated carbocycles. The molecular formula is C20H18BrFN4O2. The van der Waals surface area contributed by atoms with Crippen molar-refractivity contribution < 1.29 is 14.0 Å². The zero-order valence-electron chi connectivity index (χ0n) is 15.0. The molecule has 0 fully saturated rings. The first-order chi connectivity index (χ1) is 13.5. The molecule has 0 aliphatic rings. The van der Waals surface area contributed by atoms with Crippen LogP contribution in [0.25, 0.3) is 0 Å². The Hall–Kier alpha value is -3.00. The van der Waals surface area contributed by atoms with Gasteiger partial charge in [0.15, 0.2) is 0 Å². The number of hydrogen-bond donors (Lipinski definition) is 2. The van der Waals surface area contributed by atoms with E-state index in [-0.39, 0.29) is 18.3 Å². The van der Waals surface area contributed by atoms with Crippen molar-refractivity contribution in [2.45, 2.75) is 6.04 Å². The highest BCUT2D eigenvalue weighted by atomic mass is 79.9. The zero-order valence-corrected chi connectivity index (χ0v) is 16.6. The van der Waals surface area contributed by atoms with Crippen molar-refractivity contribution in [2.24, 2.45) is 7.05 Å². The molecule has 2 aromatic carbocycles. The van der Waals surface area contributed by atoms with Crippen LogP contribution in [0.1, 0.15) is 27.8 Å². The van der Waals surface area contributed by atoms with Gasteiger partial charge in [-0.2, -0.15) is 0 Å². The van der Waals surface area contributed by atoms with E-state index < -0.39 is 11.9 Å². The fourth-order valence-electron chi connectivity index (χ4n) is 2.72. The highest BCUT2D eigenvalue weighted by Crippen LogP contribution is 2.21. The number of rotatable bonds is 6. The normalized spacial score (nSPS) is 11.7. The first-order valence-electron chi connectivity index (χ1n) is 8.50. The first kappa shape index (κ1) is 19.8. The number of halogens is 2.